The number of rotatable bonds is 1. The molecule has 36 valence electrons. The van der Waals surface area contributed by atoms with Crippen LogP contribution in [0, 0.1) is 6.26 Å². The van der Waals surface area contributed by atoms with E-state index in [2.05, 4.69) is 10.7 Å². The van der Waals surface area contributed by atoms with Crippen LogP contribution in [0.4, 0.5) is 0 Å². The van der Waals surface area contributed by atoms with Crippen molar-refractivity contribution in [3.63, 3.8) is 0 Å². The maximum Gasteiger partial charge on any atom is 1.00 e. The molecule has 0 spiro atoms. The van der Waals surface area contributed by atoms with Gasteiger partial charge in [-0.25, -0.2) is 0 Å². The van der Waals surface area contributed by atoms with Crippen LogP contribution in [0.1, 0.15) is 10.6 Å². The molecule has 0 fully saturated rings. The van der Waals surface area contributed by atoms with Crippen molar-refractivity contribution in [1.82, 2.24) is 0 Å². The maximum absolute atomic E-state index is 9.75. The molecular formula is C5H3KO2. The van der Waals surface area contributed by atoms with Gasteiger partial charge in [0.15, 0.2) is 0 Å². The van der Waals surface area contributed by atoms with Crippen molar-refractivity contribution in [2.45, 2.75) is 0 Å². The molecule has 0 aliphatic carbocycles. The molecule has 0 atom stereocenters. The first-order valence-corrected chi connectivity index (χ1v) is 1.84. The zero-order chi connectivity index (χ0) is 5.11. The van der Waals surface area contributed by atoms with Gasteiger partial charge in [0.1, 0.15) is 6.29 Å². The smallest absolute Gasteiger partial charge is 0.588 e. The molecule has 0 saturated carbocycles. The first kappa shape index (κ1) is 8.59. The van der Waals surface area contributed by atoms with Crippen molar-refractivity contribution in [3.05, 3.63) is 24.2 Å². The average Bonchev–Trinajstić information content (AvgIpc) is 2.14. The molecule has 1 aromatic rings. The van der Waals surface area contributed by atoms with E-state index in [1.54, 1.807) is 12.1 Å². The van der Waals surface area contributed by atoms with E-state index in [1.807, 2.05) is 0 Å². The zero-order valence-electron chi connectivity index (χ0n) is 4.55. The normalized spacial score (nSPS) is 7.50. The summed E-state index contributed by atoms with van der Waals surface area (Å²) in [5.74, 6) is 0.319. The van der Waals surface area contributed by atoms with Crippen molar-refractivity contribution in [2.24, 2.45) is 0 Å². The van der Waals surface area contributed by atoms with Crippen LogP contribution in [0.25, 0.3) is 0 Å². The fourth-order valence-electron chi connectivity index (χ4n) is 0.316. The fraction of sp³-hybridized carbons (Fsp3) is 0. The molecule has 0 N–H and O–H groups in total. The molecule has 0 saturated heterocycles. The van der Waals surface area contributed by atoms with Crippen LogP contribution in [0.15, 0.2) is 16.5 Å². The predicted molar refractivity (Wildman–Crippen MR) is 22.9 cm³/mol. The second-order valence-corrected chi connectivity index (χ2v) is 1.07. The molecule has 0 aliphatic rings. The molecule has 0 radical (unpaired) electrons. The van der Waals surface area contributed by atoms with E-state index in [-0.39, 0.29) is 51.4 Å². The number of hydrogen-bond acceptors (Lipinski definition) is 2. The number of furan rings is 1. The fourth-order valence-corrected chi connectivity index (χ4v) is 0.316. The molecule has 3 heteroatoms. The summed E-state index contributed by atoms with van der Waals surface area (Å²) in [5, 5.41) is 0. The second-order valence-electron chi connectivity index (χ2n) is 1.07. The second kappa shape index (κ2) is 4.46. The third kappa shape index (κ3) is 2.24. The summed E-state index contributed by atoms with van der Waals surface area (Å²) in [4.78, 5) is 9.75. The summed E-state index contributed by atoms with van der Waals surface area (Å²) in [6.45, 7) is 0. The molecule has 0 aromatic carbocycles. The van der Waals surface area contributed by atoms with E-state index in [4.69, 9.17) is 0 Å². The van der Waals surface area contributed by atoms with Crippen LogP contribution in [-0.4, -0.2) is 6.29 Å². The Balaban J connectivity index is 0.000000490. The van der Waals surface area contributed by atoms with Gasteiger partial charge in [0.25, 0.3) is 0 Å². The number of carbonyl (C=O) groups excluding carboxylic acids is 1. The summed E-state index contributed by atoms with van der Waals surface area (Å²) < 4.78 is 4.49. The van der Waals surface area contributed by atoms with E-state index >= 15 is 0 Å². The van der Waals surface area contributed by atoms with E-state index in [0.717, 1.165) is 0 Å². The van der Waals surface area contributed by atoms with Gasteiger partial charge in [-0.1, -0.05) is 0 Å². The van der Waals surface area contributed by atoms with Gasteiger partial charge in [-0.3, -0.25) is 0 Å². The van der Waals surface area contributed by atoms with Crippen molar-refractivity contribution < 1.29 is 60.6 Å². The van der Waals surface area contributed by atoms with Crippen LogP contribution < -0.4 is 51.4 Å². The number of carbonyl (C=O) groups is 1. The zero-order valence-corrected chi connectivity index (χ0v) is 7.67. The number of hydrogen-bond donors (Lipinski definition) is 0. The minimum absolute atomic E-state index is 0. The Labute approximate surface area is 89.7 Å². The number of aldehydes is 1. The maximum atomic E-state index is 9.75. The Bertz CT molecular complexity index is 145. The van der Waals surface area contributed by atoms with Crippen molar-refractivity contribution in [3.8, 4) is 0 Å². The van der Waals surface area contributed by atoms with Crippen molar-refractivity contribution in [1.29, 1.82) is 0 Å². The largest absolute Gasteiger partial charge is 1.00 e. The summed E-state index contributed by atoms with van der Waals surface area (Å²) in [6.07, 6.45) is 3.01. The Kier molecular flexibility index (Phi) is 4.79. The monoisotopic (exact) mass is 134 g/mol. The first-order chi connectivity index (χ1) is 3.43. The van der Waals surface area contributed by atoms with E-state index in [1.165, 1.54) is 0 Å². The topological polar surface area (TPSA) is 30.2 Å². The van der Waals surface area contributed by atoms with Gasteiger partial charge in [0, 0.05) is 5.76 Å². The van der Waals surface area contributed by atoms with Crippen LogP contribution in [0.5, 0.6) is 0 Å². The molecule has 0 amide bonds. The Morgan fingerprint density at radius 1 is 1.75 bits per heavy atom. The molecule has 8 heavy (non-hydrogen) atoms. The van der Waals surface area contributed by atoms with Crippen LogP contribution in [-0.2, 0) is 0 Å². The van der Waals surface area contributed by atoms with E-state index < -0.39 is 0 Å². The van der Waals surface area contributed by atoms with Crippen molar-refractivity contribution >= 4 is 6.29 Å². The summed E-state index contributed by atoms with van der Waals surface area (Å²) in [6, 6.07) is 3.09. The van der Waals surface area contributed by atoms with E-state index in [0.29, 0.717) is 12.0 Å². The molecule has 0 unspecified atom stereocenters. The SMILES string of the molecule is O=Cc1cc[c-]o1.[K+]. The molecule has 0 bridgehead atoms. The summed E-state index contributed by atoms with van der Waals surface area (Å²) in [5.41, 5.74) is 0. The predicted octanol–water partition coefficient (Wildman–Crippen LogP) is -2.10. The quantitative estimate of drug-likeness (QED) is 0.250. The van der Waals surface area contributed by atoms with Gasteiger partial charge >= 0.3 is 51.4 Å². The Hall–Kier alpha value is 0.586. The third-order valence-corrected chi connectivity index (χ3v) is 0.609. The summed E-state index contributed by atoms with van der Waals surface area (Å²) >= 11 is 0. The summed E-state index contributed by atoms with van der Waals surface area (Å²) in [7, 11) is 0. The van der Waals surface area contributed by atoms with Crippen LogP contribution in [0.2, 0.25) is 0 Å². The molecule has 1 heterocycles. The minimum atomic E-state index is 0. The molecular weight excluding hydrogens is 131 g/mol. The van der Waals surface area contributed by atoms with Crippen LogP contribution >= 0.6 is 0 Å². The van der Waals surface area contributed by atoms with E-state index in [9.17, 15) is 4.79 Å². The first-order valence-electron chi connectivity index (χ1n) is 1.84. The van der Waals surface area contributed by atoms with Crippen molar-refractivity contribution in [2.75, 3.05) is 0 Å². The average molecular weight is 134 g/mol. The third-order valence-electron chi connectivity index (χ3n) is 0.609. The molecule has 1 rings (SSSR count). The standard InChI is InChI=1S/C5H3O2.K/c6-4-5-2-1-3-7-5;/h1-2,4H;/q-1;+1. The Morgan fingerprint density at radius 3 is 2.75 bits per heavy atom. The van der Waals surface area contributed by atoms with Gasteiger partial charge in [-0.2, -0.15) is 6.07 Å². The van der Waals surface area contributed by atoms with Gasteiger partial charge in [0.05, 0.1) is 0 Å². The van der Waals surface area contributed by atoms with Gasteiger partial charge < -0.3 is 9.21 Å². The minimum Gasteiger partial charge on any atom is -0.588 e. The van der Waals surface area contributed by atoms with Gasteiger partial charge in [0.2, 0.25) is 0 Å². The van der Waals surface area contributed by atoms with Crippen LogP contribution in [0.3, 0.4) is 0 Å². The Morgan fingerprint density at radius 2 is 2.50 bits per heavy atom. The molecule has 1 aromatic heterocycles. The molecule has 2 nitrogen and oxygen atoms in total. The van der Waals surface area contributed by atoms with Gasteiger partial charge in [-0.05, 0) is 6.26 Å². The molecule has 0 aliphatic heterocycles. The van der Waals surface area contributed by atoms with Gasteiger partial charge in [-0.15, -0.1) is 6.07 Å².